The number of likely N-dealkylation sites (N-methyl/N-ethyl adjacent to an activating group) is 2. The Labute approximate surface area is 433 Å². The minimum atomic E-state index is -5.08. The fraction of sp³-hybridized carbons (Fsp3) is 0.583. The number of hydrogen-bond donors (Lipinski definition) is 8. The third-order valence-electron chi connectivity index (χ3n) is 13.0. The molecule has 26 heteroatoms. The van der Waals surface area contributed by atoms with E-state index in [-0.39, 0.29) is 46.2 Å². The molecule has 0 spiro atoms. The van der Waals surface area contributed by atoms with E-state index < -0.39 is 71.4 Å². The van der Waals surface area contributed by atoms with Gasteiger partial charge in [-0.05, 0) is 124 Å². The molecule has 4 aliphatic rings. The van der Waals surface area contributed by atoms with Crippen LogP contribution in [0.25, 0.3) is 0 Å². The van der Waals surface area contributed by atoms with Crippen LogP contribution in [0.5, 0.6) is 0 Å². The molecule has 0 saturated carbocycles. The molecule has 18 nitrogen and oxygen atoms in total. The number of carboxylic acids is 2. The molecule has 4 aliphatic heterocycles. The van der Waals surface area contributed by atoms with Crippen LogP contribution in [0.4, 0.5) is 37.7 Å². The number of benzene rings is 2. The van der Waals surface area contributed by atoms with Gasteiger partial charge in [0.2, 0.25) is 35.4 Å². The zero-order chi connectivity index (χ0) is 55.7. The number of alkyl halides is 6. The number of hydrogen-bond acceptors (Lipinski definition) is 12. The average Bonchev–Trinajstić information content (AvgIpc) is 3.64. The Balaban J connectivity index is 0.000000743. The lowest BCUT2D eigenvalue weighted by Gasteiger charge is -2.34. The molecule has 2 aromatic carbocycles. The topological polar surface area (TPSA) is 256 Å². The second kappa shape index (κ2) is 25.3. The van der Waals surface area contributed by atoms with Gasteiger partial charge in [0.05, 0.1) is 22.8 Å². The number of amides is 6. The minimum Gasteiger partial charge on any atom is -0.475 e. The largest absolute Gasteiger partial charge is 0.490 e. The van der Waals surface area contributed by atoms with Gasteiger partial charge in [-0.2, -0.15) is 26.3 Å². The molecule has 8 N–H and O–H groups in total. The summed E-state index contributed by atoms with van der Waals surface area (Å²) in [5.74, 6) is -5.50. The molecule has 410 valence electrons. The van der Waals surface area contributed by atoms with Crippen LogP contribution in [0.1, 0.15) is 78.4 Å². The molecule has 6 amide bonds. The van der Waals surface area contributed by atoms with Crippen LogP contribution in [-0.4, -0.2) is 152 Å². The first-order valence-electron chi connectivity index (χ1n) is 23.6. The summed E-state index contributed by atoms with van der Waals surface area (Å²) in [6.07, 6.45) is -6.27. The highest BCUT2D eigenvalue weighted by Gasteiger charge is 2.56. The summed E-state index contributed by atoms with van der Waals surface area (Å²) in [5, 5.41) is 31.7. The van der Waals surface area contributed by atoms with E-state index in [0.717, 1.165) is 24.0 Å². The zero-order valence-corrected chi connectivity index (χ0v) is 43.7. The minimum absolute atomic E-state index is 0.141. The molecule has 0 bridgehead atoms. The van der Waals surface area contributed by atoms with Crippen LogP contribution in [-0.2, 0) is 51.2 Å². The van der Waals surface area contributed by atoms with Crippen molar-refractivity contribution in [3.63, 3.8) is 0 Å². The second-order valence-corrected chi connectivity index (χ2v) is 22.1. The van der Waals surface area contributed by atoms with Crippen molar-refractivity contribution >= 4 is 82.3 Å². The van der Waals surface area contributed by atoms with Gasteiger partial charge < -0.3 is 51.9 Å². The number of thioether (sulfide) groups is 2. The van der Waals surface area contributed by atoms with Crippen molar-refractivity contribution in [3.05, 3.63) is 59.7 Å². The number of rotatable bonds is 13. The number of carbonyl (C=O) groups is 8. The van der Waals surface area contributed by atoms with E-state index in [1.54, 1.807) is 61.3 Å². The quantitative estimate of drug-likeness (QED) is 0.123. The maximum atomic E-state index is 13.9. The standard InChI is InChI=1S/C44H62N8O6S2.2C2HF3O2/c1-25(45-7)37(53)49-31-19-21-59-33-23-43(3,4)35(51(33)41(31)57)39(55)47-29-15-11-27(12-16-29)9-10-28-13-17-30(18-14-28)48-40(56)36-44(5,6)24-34-52(36)42(58)32(20-22-60-34)50-38(54)26(2)46-8;2*3-2(4,5)1(6)7/h11-18,25-26,31-36,45-46H,9-10,19-24H2,1-8H3,(H,47,55)(H,48,56)(H,49,53)(H,50,54);2*(H,6,7)/t25-,26-,31-,32-,33-,34-,35+,36+;;/m0../s1. The lowest BCUT2D eigenvalue weighted by Crippen LogP contribution is -2.57. The van der Waals surface area contributed by atoms with Crippen LogP contribution >= 0.6 is 23.5 Å². The molecular weight excluding hydrogens is 1030 g/mol. The predicted molar refractivity (Wildman–Crippen MR) is 266 cm³/mol. The second-order valence-electron chi connectivity index (χ2n) is 19.5. The molecule has 4 fully saturated rings. The molecule has 4 saturated heterocycles. The highest BCUT2D eigenvalue weighted by molar-refractivity contribution is 8.00. The lowest BCUT2D eigenvalue weighted by molar-refractivity contribution is -0.193. The molecule has 4 heterocycles. The number of nitrogens with one attached hydrogen (secondary N) is 6. The first-order chi connectivity index (χ1) is 34.3. The Bertz CT molecular complexity index is 2200. The van der Waals surface area contributed by atoms with E-state index in [1.807, 2.05) is 76.2 Å². The average molecular weight is 1090 g/mol. The van der Waals surface area contributed by atoms with Crippen molar-refractivity contribution in [1.82, 2.24) is 31.1 Å². The summed E-state index contributed by atoms with van der Waals surface area (Å²) in [7, 11) is 3.40. The number of halogens is 6. The maximum Gasteiger partial charge on any atom is 0.490 e. The molecule has 6 rings (SSSR count). The van der Waals surface area contributed by atoms with E-state index >= 15 is 0 Å². The van der Waals surface area contributed by atoms with Crippen LogP contribution in [0.3, 0.4) is 0 Å². The lowest BCUT2D eigenvalue weighted by atomic mass is 9.84. The Morgan fingerprint density at radius 2 is 0.905 bits per heavy atom. The van der Waals surface area contributed by atoms with Crippen LogP contribution in [0, 0.1) is 10.8 Å². The van der Waals surface area contributed by atoms with E-state index in [1.165, 1.54) is 0 Å². The van der Waals surface area contributed by atoms with Gasteiger partial charge in [-0.15, -0.1) is 23.5 Å². The first kappa shape index (κ1) is 61.0. The summed E-state index contributed by atoms with van der Waals surface area (Å²) >= 11 is 3.34. The van der Waals surface area contributed by atoms with Gasteiger partial charge >= 0.3 is 24.3 Å². The predicted octanol–water partition coefficient (Wildman–Crippen LogP) is 4.98. The molecule has 74 heavy (non-hydrogen) atoms. The monoisotopic (exact) mass is 1090 g/mol. The summed E-state index contributed by atoms with van der Waals surface area (Å²) in [6, 6.07) is 11.9. The highest BCUT2D eigenvalue weighted by atomic mass is 32.2. The van der Waals surface area contributed by atoms with Crippen molar-refractivity contribution in [3.8, 4) is 0 Å². The van der Waals surface area contributed by atoms with Gasteiger partial charge in [0.1, 0.15) is 24.2 Å². The Kier molecular flexibility index (Phi) is 20.8. The van der Waals surface area contributed by atoms with Gasteiger partial charge in [-0.1, -0.05) is 52.0 Å². The fourth-order valence-corrected chi connectivity index (χ4v) is 11.9. The molecule has 0 aromatic heterocycles. The van der Waals surface area contributed by atoms with Gasteiger partial charge in [0, 0.05) is 11.4 Å². The van der Waals surface area contributed by atoms with E-state index in [0.29, 0.717) is 48.6 Å². The van der Waals surface area contributed by atoms with Crippen molar-refractivity contribution in [1.29, 1.82) is 0 Å². The normalized spacial score (nSPS) is 23.9. The first-order valence-corrected chi connectivity index (χ1v) is 25.6. The Morgan fingerprint density at radius 1 is 0.608 bits per heavy atom. The van der Waals surface area contributed by atoms with Crippen LogP contribution < -0.4 is 31.9 Å². The third kappa shape index (κ3) is 16.0. The number of fused-ring (bicyclic) bond motifs is 2. The van der Waals surface area contributed by atoms with Crippen molar-refractivity contribution in [2.24, 2.45) is 10.8 Å². The summed E-state index contributed by atoms with van der Waals surface area (Å²) in [6.45, 7) is 11.6. The SMILES string of the molecule is CN[C@@H](C)C(=O)N[C@H]1CCS[C@H]2CC(C)(C)[C@@H](C(=O)Nc3ccc(CCc4ccc(NC(=O)[C@H]5N6C(=O)[C@@H](NC(=O)[C@H](C)NC)CCS[C@H]6CC5(C)C)cc4)cc3)N2C1=O.O=C(O)C(F)(F)F.O=C(O)C(F)(F)F. The van der Waals surface area contributed by atoms with Crippen LogP contribution in [0.15, 0.2) is 48.5 Å². The smallest absolute Gasteiger partial charge is 0.475 e. The molecular formula is C48H64F6N8O10S2. The van der Waals surface area contributed by atoms with E-state index in [2.05, 4.69) is 31.9 Å². The van der Waals surface area contributed by atoms with E-state index in [4.69, 9.17) is 19.8 Å². The summed E-state index contributed by atoms with van der Waals surface area (Å²) in [4.78, 5) is 102. The number of carbonyl (C=O) groups excluding carboxylic acids is 6. The molecule has 0 unspecified atom stereocenters. The fourth-order valence-electron chi connectivity index (χ4n) is 8.78. The summed E-state index contributed by atoms with van der Waals surface area (Å²) in [5.41, 5.74) is 2.55. The number of aliphatic carboxylic acids is 2. The number of carboxylic acid groups (broad SMARTS) is 2. The number of anilines is 2. The maximum absolute atomic E-state index is 13.9. The Hall–Kier alpha value is -5.60. The van der Waals surface area contributed by atoms with Gasteiger partial charge in [0.15, 0.2) is 0 Å². The Morgan fingerprint density at radius 3 is 1.18 bits per heavy atom. The van der Waals surface area contributed by atoms with Crippen molar-refractivity contribution in [2.45, 2.75) is 139 Å². The third-order valence-corrected chi connectivity index (χ3v) is 15.5. The molecule has 0 aliphatic carbocycles. The summed E-state index contributed by atoms with van der Waals surface area (Å²) < 4.78 is 63.5. The van der Waals surface area contributed by atoms with Crippen molar-refractivity contribution in [2.75, 3.05) is 36.2 Å². The van der Waals surface area contributed by atoms with Gasteiger partial charge in [-0.25, -0.2) is 9.59 Å². The molecule has 0 radical (unpaired) electrons. The van der Waals surface area contributed by atoms with Crippen LogP contribution in [0.2, 0.25) is 0 Å². The highest BCUT2D eigenvalue weighted by Crippen LogP contribution is 2.48. The molecule has 8 atom stereocenters. The van der Waals surface area contributed by atoms with Crippen molar-refractivity contribution < 1.29 is 74.9 Å². The van der Waals surface area contributed by atoms with E-state index in [9.17, 15) is 55.1 Å². The molecule has 2 aromatic rings. The van der Waals surface area contributed by atoms with Gasteiger partial charge in [-0.3, -0.25) is 28.8 Å². The number of aryl methyl sites for hydroxylation is 2. The zero-order valence-electron chi connectivity index (χ0n) is 42.0. The van der Waals surface area contributed by atoms with Gasteiger partial charge in [0.25, 0.3) is 0 Å². The number of nitrogens with zero attached hydrogens (tertiary/aromatic N) is 2.